The van der Waals surface area contributed by atoms with Crippen LogP contribution in [-0.2, 0) is 11.3 Å². The van der Waals surface area contributed by atoms with Gasteiger partial charge in [0.15, 0.2) is 12.2 Å². The summed E-state index contributed by atoms with van der Waals surface area (Å²) in [6.07, 6.45) is 2.87. The molecule has 0 atom stereocenters. The van der Waals surface area contributed by atoms with Crippen LogP contribution in [0.5, 0.6) is 0 Å². The second kappa shape index (κ2) is 5.60. The van der Waals surface area contributed by atoms with Crippen molar-refractivity contribution in [3.63, 3.8) is 0 Å². The molecule has 0 fully saturated rings. The van der Waals surface area contributed by atoms with E-state index in [1.807, 2.05) is 6.07 Å². The Hall–Kier alpha value is -3.09. The predicted molar refractivity (Wildman–Crippen MR) is 83.1 cm³/mol. The maximum absolute atomic E-state index is 12.1. The molecule has 0 aliphatic carbocycles. The summed E-state index contributed by atoms with van der Waals surface area (Å²) >= 11 is 0. The quantitative estimate of drug-likeness (QED) is 0.796. The minimum absolute atomic E-state index is 0.0790. The van der Waals surface area contributed by atoms with Gasteiger partial charge in [0.1, 0.15) is 6.54 Å². The van der Waals surface area contributed by atoms with Crippen LogP contribution in [0.25, 0.3) is 22.4 Å². The zero-order valence-corrected chi connectivity index (χ0v) is 12.7. The fourth-order valence-electron chi connectivity index (χ4n) is 2.38. The number of benzene rings is 1. The van der Waals surface area contributed by atoms with Gasteiger partial charge in [-0.3, -0.25) is 4.79 Å². The van der Waals surface area contributed by atoms with Gasteiger partial charge in [0.25, 0.3) is 0 Å². The predicted octanol–water partition coefficient (Wildman–Crippen LogP) is 2.08. The van der Waals surface area contributed by atoms with Gasteiger partial charge in [-0.1, -0.05) is 6.07 Å². The number of hydrogen-bond donors (Lipinski definition) is 1. The number of carbonyl (C=O) groups excluding carboxylic acids is 1. The Labute approximate surface area is 131 Å². The highest BCUT2D eigenvalue weighted by atomic mass is 16.4. The minimum Gasteiger partial charge on any atom is -0.478 e. The first kappa shape index (κ1) is 14.8. The van der Waals surface area contributed by atoms with Crippen LogP contribution in [-0.4, -0.2) is 45.5 Å². The largest absolute Gasteiger partial charge is 0.478 e. The van der Waals surface area contributed by atoms with Gasteiger partial charge in [-0.25, -0.2) is 9.78 Å². The van der Waals surface area contributed by atoms with Crippen LogP contribution in [0.2, 0.25) is 0 Å². The summed E-state index contributed by atoms with van der Waals surface area (Å²) in [6.45, 7) is 0.0790. The van der Waals surface area contributed by atoms with E-state index in [9.17, 15) is 14.7 Å². The number of rotatable bonds is 4. The molecule has 0 unspecified atom stereocenters. The average molecular weight is 313 g/mol. The molecule has 0 radical (unpaired) electrons. The zero-order valence-electron chi connectivity index (χ0n) is 12.7. The second-order valence-corrected chi connectivity index (χ2v) is 5.35. The molecule has 1 aromatic carbocycles. The Balaban J connectivity index is 2.21. The van der Waals surface area contributed by atoms with Gasteiger partial charge >= 0.3 is 5.97 Å². The lowest BCUT2D eigenvalue weighted by Gasteiger charge is -2.13. The van der Waals surface area contributed by atoms with E-state index in [-0.39, 0.29) is 18.0 Å². The second-order valence-electron chi connectivity index (χ2n) is 5.35. The average Bonchev–Trinajstić information content (AvgIpc) is 3.14. The van der Waals surface area contributed by atoms with E-state index in [0.717, 1.165) is 5.39 Å². The Kier molecular flexibility index (Phi) is 3.61. The first-order valence-electron chi connectivity index (χ1n) is 6.93. The molecule has 2 aromatic heterocycles. The monoisotopic (exact) mass is 313 g/mol. The maximum atomic E-state index is 12.1. The van der Waals surface area contributed by atoms with Gasteiger partial charge < -0.3 is 19.0 Å². The summed E-state index contributed by atoms with van der Waals surface area (Å²) in [5, 5.41) is 10.0. The highest BCUT2D eigenvalue weighted by Crippen LogP contribution is 2.29. The van der Waals surface area contributed by atoms with E-state index < -0.39 is 5.97 Å². The zero-order chi connectivity index (χ0) is 16.6. The molecule has 1 amide bonds. The van der Waals surface area contributed by atoms with Crippen LogP contribution >= 0.6 is 0 Å². The van der Waals surface area contributed by atoms with E-state index in [1.54, 1.807) is 37.0 Å². The van der Waals surface area contributed by atoms with Crippen molar-refractivity contribution in [3.8, 4) is 11.5 Å². The van der Waals surface area contributed by atoms with Gasteiger partial charge in [0, 0.05) is 25.0 Å². The molecule has 0 aliphatic heterocycles. The van der Waals surface area contributed by atoms with Crippen LogP contribution in [0.3, 0.4) is 0 Å². The molecule has 3 rings (SSSR count). The van der Waals surface area contributed by atoms with Crippen molar-refractivity contribution in [2.45, 2.75) is 6.54 Å². The van der Waals surface area contributed by atoms with E-state index >= 15 is 0 Å². The molecule has 0 saturated carbocycles. The van der Waals surface area contributed by atoms with E-state index in [4.69, 9.17) is 4.42 Å². The Bertz CT molecular complexity index is 878. The number of nitrogens with zero attached hydrogens (tertiary/aromatic N) is 3. The standard InChI is InChI=1S/C16H15N3O4/c1-18(2)15(20)8-19-12-6-11(16(21)22)4-3-10(12)5-13(19)14-7-17-9-23-14/h3-7,9H,8H2,1-2H3,(H,21,22). The Morgan fingerprint density at radius 3 is 2.70 bits per heavy atom. The van der Waals surface area contributed by atoms with Crippen molar-refractivity contribution in [1.82, 2.24) is 14.5 Å². The van der Waals surface area contributed by atoms with Crippen molar-refractivity contribution < 1.29 is 19.1 Å². The van der Waals surface area contributed by atoms with Gasteiger partial charge in [-0.05, 0) is 18.2 Å². The molecule has 3 aromatic rings. The molecule has 0 aliphatic rings. The first-order chi connectivity index (χ1) is 11.0. The lowest BCUT2D eigenvalue weighted by Crippen LogP contribution is -2.26. The Morgan fingerprint density at radius 1 is 1.30 bits per heavy atom. The number of carboxylic acids is 1. The number of carbonyl (C=O) groups is 2. The highest BCUT2D eigenvalue weighted by Gasteiger charge is 2.17. The van der Waals surface area contributed by atoms with Gasteiger partial charge in [-0.15, -0.1) is 0 Å². The molecular weight excluding hydrogens is 298 g/mol. The minimum atomic E-state index is -1.01. The molecular formula is C16H15N3O4. The van der Waals surface area contributed by atoms with E-state index in [0.29, 0.717) is 17.0 Å². The van der Waals surface area contributed by atoms with Crippen LogP contribution in [0.15, 0.2) is 41.3 Å². The number of aromatic nitrogens is 2. The summed E-state index contributed by atoms with van der Waals surface area (Å²) in [4.78, 5) is 28.7. The summed E-state index contributed by atoms with van der Waals surface area (Å²) in [7, 11) is 3.34. The van der Waals surface area contributed by atoms with Crippen molar-refractivity contribution in [1.29, 1.82) is 0 Å². The third-order valence-corrected chi connectivity index (χ3v) is 3.63. The molecule has 2 heterocycles. The number of oxazole rings is 1. The van der Waals surface area contributed by atoms with Gasteiger partial charge in [0.05, 0.1) is 17.5 Å². The molecule has 0 saturated heterocycles. The third-order valence-electron chi connectivity index (χ3n) is 3.63. The van der Waals surface area contributed by atoms with Crippen LogP contribution < -0.4 is 0 Å². The highest BCUT2D eigenvalue weighted by molar-refractivity contribution is 5.95. The smallest absolute Gasteiger partial charge is 0.335 e. The molecule has 1 N–H and O–H groups in total. The molecule has 118 valence electrons. The molecule has 0 bridgehead atoms. The van der Waals surface area contributed by atoms with Crippen molar-refractivity contribution in [2.75, 3.05) is 14.1 Å². The van der Waals surface area contributed by atoms with Crippen LogP contribution in [0, 0.1) is 0 Å². The topological polar surface area (TPSA) is 88.6 Å². The number of carboxylic acid groups (broad SMARTS) is 1. The fourth-order valence-corrected chi connectivity index (χ4v) is 2.38. The lowest BCUT2D eigenvalue weighted by molar-refractivity contribution is -0.129. The molecule has 23 heavy (non-hydrogen) atoms. The van der Waals surface area contributed by atoms with E-state index in [2.05, 4.69) is 4.98 Å². The number of aromatic carboxylic acids is 1. The Morgan fingerprint density at radius 2 is 2.09 bits per heavy atom. The molecule has 7 nitrogen and oxygen atoms in total. The van der Waals surface area contributed by atoms with Crippen molar-refractivity contribution >= 4 is 22.8 Å². The van der Waals surface area contributed by atoms with Crippen molar-refractivity contribution in [3.05, 3.63) is 42.4 Å². The summed E-state index contributed by atoms with van der Waals surface area (Å²) < 4.78 is 7.08. The third kappa shape index (κ3) is 2.68. The SMILES string of the molecule is CN(C)C(=O)Cn1c(-c2cnco2)cc2ccc(C(=O)O)cc21. The van der Waals surface area contributed by atoms with Crippen LogP contribution in [0.4, 0.5) is 0 Å². The normalized spacial score (nSPS) is 10.9. The first-order valence-corrected chi connectivity index (χ1v) is 6.93. The van der Waals surface area contributed by atoms with Gasteiger partial charge in [0.2, 0.25) is 5.91 Å². The molecule has 7 heteroatoms. The summed E-state index contributed by atoms with van der Waals surface area (Å²) in [6, 6.07) is 6.66. The summed E-state index contributed by atoms with van der Waals surface area (Å²) in [5.74, 6) is -0.603. The number of hydrogen-bond acceptors (Lipinski definition) is 4. The van der Waals surface area contributed by atoms with Crippen LogP contribution in [0.1, 0.15) is 10.4 Å². The van der Waals surface area contributed by atoms with E-state index in [1.165, 1.54) is 17.4 Å². The van der Waals surface area contributed by atoms with Crippen molar-refractivity contribution in [2.24, 2.45) is 0 Å². The summed E-state index contributed by atoms with van der Waals surface area (Å²) in [5.41, 5.74) is 1.50. The molecule has 0 spiro atoms. The number of amides is 1. The fraction of sp³-hybridized carbons (Fsp3) is 0.188. The maximum Gasteiger partial charge on any atom is 0.335 e. The number of fused-ring (bicyclic) bond motifs is 1. The number of likely N-dealkylation sites (N-methyl/N-ethyl adjacent to an activating group) is 1. The van der Waals surface area contributed by atoms with Gasteiger partial charge in [-0.2, -0.15) is 0 Å². The lowest BCUT2D eigenvalue weighted by atomic mass is 10.1.